The molecule has 2 heterocycles. The Balaban J connectivity index is 1.70. The quantitative estimate of drug-likeness (QED) is 0.487. The van der Waals surface area contributed by atoms with Crippen LogP contribution in [-0.4, -0.2) is 40.5 Å². The minimum atomic E-state index is 0.0965. The molecule has 0 aliphatic carbocycles. The molecule has 0 bridgehead atoms. The minimum Gasteiger partial charge on any atom is -0.368 e. The summed E-state index contributed by atoms with van der Waals surface area (Å²) in [5, 5.41) is 5.28. The molecule has 0 saturated heterocycles. The average Bonchev–Trinajstić information content (AvgIpc) is 2.75. The summed E-state index contributed by atoms with van der Waals surface area (Å²) in [6.45, 7) is 0.657. The lowest BCUT2D eigenvalue weighted by Gasteiger charge is -2.26. The number of nitrogens with one attached hydrogen (secondary N) is 1. The van der Waals surface area contributed by atoms with Gasteiger partial charge in [0.2, 0.25) is 0 Å². The van der Waals surface area contributed by atoms with Crippen molar-refractivity contribution in [3.8, 4) is 11.4 Å². The normalized spacial score (nSPS) is 12.3. The largest absolute Gasteiger partial charge is 0.368 e. The van der Waals surface area contributed by atoms with E-state index in [1.807, 2.05) is 54.6 Å². The molecule has 1 unspecified atom stereocenters. The molecular formula is C23H22ClN5. The molecular weight excluding hydrogens is 382 g/mol. The molecule has 0 fully saturated rings. The first kappa shape index (κ1) is 19.3. The first-order valence-electron chi connectivity index (χ1n) is 9.45. The van der Waals surface area contributed by atoms with Crippen LogP contribution in [0.3, 0.4) is 0 Å². The summed E-state index contributed by atoms with van der Waals surface area (Å²) in [5.41, 5.74) is 2.86. The van der Waals surface area contributed by atoms with E-state index >= 15 is 0 Å². The zero-order valence-corrected chi connectivity index (χ0v) is 17.1. The number of hydrogen-bond acceptors (Lipinski definition) is 5. The number of benzene rings is 2. The van der Waals surface area contributed by atoms with Crippen LogP contribution in [0.25, 0.3) is 22.3 Å². The van der Waals surface area contributed by atoms with Gasteiger partial charge in [0.15, 0.2) is 5.82 Å². The Bertz CT molecular complexity index is 1110. The fourth-order valence-electron chi connectivity index (χ4n) is 3.34. The molecule has 0 spiro atoms. The van der Waals surface area contributed by atoms with E-state index in [2.05, 4.69) is 35.4 Å². The SMILES string of the molecule is CN(C)C(CNc1nc(-c2cccnc2)nc2ccccc12)c1ccccc1Cl. The Hall–Kier alpha value is -3.02. The predicted octanol–water partition coefficient (Wildman–Crippen LogP) is 5.06. The molecule has 0 radical (unpaired) electrons. The smallest absolute Gasteiger partial charge is 0.163 e. The van der Waals surface area contributed by atoms with Crippen molar-refractivity contribution in [2.75, 3.05) is 26.0 Å². The zero-order valence-electron chi connectivity index (χ0n) is 16.4. The lowest BCUT2D eigenvalue weighted by molar-refractivity contribution is 0.312. The molecule has 2 aromatic heterocycles. The average molecular weight is 404 g/mol. The van der Waals surface area contributed by atoms with Crippen molar-refractivity contribution < 1.29 is 0 Å². The first-order chi connectivity index (χ1) is 14.1. The topological polar surface area (TPSA) is 53.9 Å². The molecule has 0 amide bonds. The fraction of sp³-hybridized carbons (Fsp3) is 0.174. The summed E-state index contributed by atoms with van der Waals surface area (Å²) in [6, 6.07) is 19.9. The molecule has 29 heavy (non-hydrogen) atoms. The molecule has 4 aromatic rings. The van der Waals surface area contributed by atoms with Gasteiger partial charge in [0.05, 0.1) is 11.6 Å². The van der Waals surface area contributed by atoms with Crippen molar-refractivity contribution in [2.45, 2.75) is 6.04 Å². The van der Waals surface area contributed by atoms with Crippen LogP contribution < -0.4 is 5.32 Å². The molecule has 4 rings (SSSR count). The Morgan fingerprint density at radius 3 is 2.52 bits per heavy atom. The summed E-state index contributed by atoms with van der Waals surface area (Å²) in [6.07, 6.45) is 3.52. The van der Waals surface area contributed by atoms with E-state index < -0.39 is 0 Å². The van der Waals surface area contributed by atoms with Gasteiger partial charge < -0.3 is 10.2 Å². The van der Waals surface area contributed by atoms with Gasteiger partial charge in [-0.05, 0) is 50.0 Å². The highest BCUT2D eigenvalue weighted by molar-refractivity contribution is 6.31. The van der Waals surface area contributed by atoms with Gasteiger partial charge >= 0.3 is 0 Å². The number of aromatic nitrogens is 3. The van der Waals surface area contributed by atoms with Gasteiger partial charge in [-0.1, -0.05) is 41.9 Å². The van der Waals surface area contributed by atoms with E-state index in [-0.39, 0.29) is 6.04 Å². The fourth-order valence-corrected chi connectivity index (χ4v) is 3.61. The van der Waals surface area contributed by atoms with Crippen LogP contribution in [0.1, 0.15) is 11.6 Å². The van der Waals surface area contributed by atoms with Crippen molar-refractivity contribution in [3.63, 3.8) is 0 Å². The van der Waals surface area contributed by atoms with Crippen LogP contribution in [0.4, 0.5) is 5.82 Å². The second kappa shape index (κ2) is 8.55. The number of para-hydroxylation sites is 1. The number of halogens is 1. The summed E-state index contributed by atoms with van der Waals surface area (Å²) in [4.78, 5) is 15.9. The number of pyridine rings is 1. The van der Waals surface area contributed by atoms with Crippen molar-refractivity contribution in [1.82, 2.24) is 19.9 Å². The van der Waals surface area contributed by atoms with Gasteiger partial charge in [0, 0.05) is 34.9 Å². The van der Waals surface area contributed by atoms with Crippen LogP contribution in [0.15, 0.2) is 73.1 Å². The standard InChI is InChI=1S/C23H22ClN5/c1-29(2)21(17-9-3-5-11-19(17)24)15-26-23-18-10-4-6-12-20(18)27-22(28-23)16-8-7-13-25-14-16/h3-14,21H,15H2,1-2H3,(H,26,27,28). The molecule has 0 aliphatic heterocycles. The van der Waals surface area contributed by atoms with E-state index in [1.165, 1.54) is 0 Å². The Morgan fingerprint density at radius 2 is 1.76 bits per heavy atom. The van der Waals surface area contributed by atoms with Crippen molar-refractivity contribution >= 4 is 28.3 Å². The van der Waals surface area contributed by atoms with Crippen LogP contribution in [0.2, 0.25) is 5.02 Å². The first-order valence-corrected chi connectivity index (χ1v) is 9.83. The second-order valence-corrected chi connectivity index (χ2v) is 7.44. The number of hydrogen-bond donors (Lipinski definition) is 1. The summed E-state index contributed by atoms with van der Waals surface area (Å²) in [5.74, 6) is 1.45. The van der Waals surface area contributed by atoms with Gasteiger partial charge in [-0.25, -0.2) is 9.97 Å². The number of nitrogens with zero attached hydrogens (tertiary/aromatic N) is 4. The summed E-state index contributed by atoms with van der Waals surface area (Å²) < 4.78 is 0. The zero-order chi connectivity index (χ0) is 20.2. The van der Waals surface area contributed by atoms with E-state index in [1.54, 1.807) is 12.4 Å². The molecule has 1 N–H and O–H groups in total. The van der Waals surface area contributed by atoms with E-state index in [4.69, 9.17) is 21.6 Å². The summed E-state index contributed by atoms with van der Waals surface area (Å²) >= 11 is 6.46. The number of fused-ring (bicyclic) bond motifs is 1. The molecule has 146 valence electrons. The van der Waals surface area contributed by atoms with Crippen molar-refractivity contribution in [2.24, 2.45) is 0 Å². The van der Waals surface area contributed by atoms with Crippen LogP contribution in [0, 0.1) is 0 Å². The van der Waals surface area contributed by atoms with Gasteiger partial charge in [0.1, 0.15) is 5.82 Å². The summed E-state index contributed by atoms with van der Waals surface area (Å²) in [7, 11) is 4.10. The molecule has 1 atom stereocenters. The Morgan fingerprint density at radius 1 is 0.966 bits per heavy atom. The van der Waals surface area contributed by atoms with Crippen molar-refractivity contribution in [3.05, 3.63) is 83.6 Å². The van der Waals surface area contributed by atoms with E-state index in [0.717, 1.165) is 32.9 Å². The van der Waals surface area contributed by atoms with E-state index in [9.17, 15) is 0 Å². The third-order valence-corrected chi connectivity index (χ3v) is 5.22. The third-order valence-electron chi connectivity index (χ3n) is 4.87. The maximum Gasteiger partial charge on any atom is 0.163 e. The van der Waals surface area contributed by atoms with Crippen LogP contribution in [0.5, 0.6) is 0 Å². The molecule has 0 aliphatic rings. The van der Waals surface area contributed by atoms with Gasteiger partial charge in [-0.2, -0.15) is 0 Å². The minimum absolute atomic E-state index is 0.0965. The van der Waals surface area contributed by atoms with Gasteiger partial charge in [-0.3, -0.25) is 4.98 Å². The lowest BCUT2D eigenvalue weighted by Crippen LogP contribution is -2.27. The van der Waals surface area contributed by atoms with Gasteiger partial charge in [0.25, 0.3) is 0 Å². The number of rotatable bonds is 6. The Kier molecular flexibility index (Phi) is 5.69. The van der Waals surface area contributed by atoms with Crippen LogP contribution in [-0.2, 0) is 0 Å². The highest BCUT2D eigenvalue weighted by Gasteiger charge is 2.18. The highest BCUT2D eigenvalue weighted by atomic mass is 35.5. The molecule has 0 saturated carbocycles. The molecule has 2 aromatic carbocycles. The van der Waals surface area contributed by atoms with Gasteiger partial charge in [-0.15, -0.1) is 0 Å². The molecule has 5 nitrogen and oxygen atoms in total. The predicted molar refractivity (Wildman–Crippen MR) is 119 cm³/mol. The van der Waals surface area contributed by atoms with Crippen molar-refractivity contribution in [1.29, 1.82) is 0 Å². The second-order valence-electron chi connectivity index (χ2n) is 7.04. The maximum absolute atomic E-state index is 6.46. The van der Waals surface area contributed by atoms with E-state index in [0.29, 0.717) is 12.4 Å². The monoisotopic (exact) mass is 403 g/mol. The molecule has 6 heteroatoms. The Labute approximate surface area is 175 Å². The maximum atomic E-state index is 6.46. The third kappa shape index (κ3) is 4.21. The number of likely N-dealkylation sites (N-methyl/N-ethyl adjacent to an activating group) is 1. The lowest BCUT2D eigenvalue weighted by atomic mass is 10.1. The highest BCUT2D eigenvalue weighted by Crippen LogP contribution is 2.28. The number of anilines is 1. The van der Waals surface area contributed by atoms with Crippen LogP contribution >= 0.6 is 11.6 Å².